The van der Waals surface area contributed by atoms with Crippen LogP contribution in [-0.4, -0.2) is 41.2 Å². The predicted octanol–water partition coefficient (Wildman–Crippen LogP) is 2.19. The molecule has 0 bridgehead atoms. The Morgan fingerprint density at radius 2 is 1.86 bits per heavy atom. The van der Waals surface area contributed by atoms with Crippen LogP contribution in [0.25, 0.3) is 0 Å². The Morgan fingerprint density at radius 1 is 1.14 bits per heavy atom. The third kappa shape index (κ3) is 3.14. The summed E-state index contributed by atoms with van der Waals surface area (Å²) < 4.78 is 5.49. The van der Waals surface area contributed by atoms with Crippen LogP contribution >= 0.6 is 0 Å². The molecule has 1 saturated heterocycles. The highest BCUT2D eigenvalue weighted by Gasteiger charge is 2.24. The van der Waals surface area contributed by atoms with Gasteiger partial charge in [-0.05, 0) is 19.4 Å². The summed E-state index contributed by atoms with van der Waals surface area (Å²) in [5.74, 6) is 1.61. The Kier molecular flexibility index (Phi) is 4.31. The van der Waals surface area contributed by atoms with E-state index in [2.05, 4.69) is 46.3 Å². The topological polar surface area (TPSA) is 54.2 Å². The summed E-state index contributed by atoms with van der Waals surface area (Å²) in [6.07, 6.45) is 0. The van der Waals surface area contributed by atoms with Crippen molar-refractivity contribution < 1.29 is 4.52 Å². The summed E-state index contributed by atoms with van der Waals surface area (Å²) in [5.41, 5.74) is 1.20. The first-order valence-electron chi connectivity index (χ1n) is 7.59. The number of piperazine rings is 1. The highest BCUT2D eigenvalue weighted by Crippen LogP contribution is 2.25. The third-order valence-electron chi connectivity index (χ3n) is 4.20. The van der Waals surface area contributed by atoms with E-state index in [4.69, 9.17) is 4.52 Å². The van der Waals surface area contributed by atoms with Crippen LogP contribution in [0, 0.1) is 0 Å². The van der Waals surface area contributed by atoms with Crippen LogP contribution in [0.2, 0.25) is 0 Å². The van der Waals surface area contributed by atoms with Gasteiger partial charge in [-0.3, -0.25) is 4.90 Å². The minimum absolute atomic E-state index is 0.127. The molecular formula is C16H22N4O. The Hall–Kier alpha value is -1.72. The molecule has 3 rings (SSSR count). The van der Waals surface area contributed by atoms with Crippen molar-refractivity contribution in [2.45, 2.75) is 25.8 Å². The molecule has 1 aromatic carbocycles. The summed E-state index contributed by atoms with van der Waals surface area (Å²) >= 11 is 0. The van der Waals surface area contributed by atoms with Crippen molar-refractivity contribution in [1.29, 1.82) is 0 Å². The third-order valence-corrected chi connectivity index (χ3v) is 4.20. The van der Waals surface area contributed by atoms with Crippen LogP contribution in [0.1, 0.15) is 43.1 Å². The van der Waals surface area contributed by atoms with Crippen molar-refractivity contribution in [3.63, 3.8) is 0 Å². The average Bonchev–Trinajstić information content (AvgIpc) is 3.05. The lowest BCUT2D eigenvalue weighted by atomic mass is 10.0. The van der Waals surface area contributed by atoms with E-state index < -0.39 is 0 Å². The molecule has 0 spiro atoms. The lowest BCUT2D eigenvalue weighted by Gasteiger charge is -2.30. The Morgan fingerprint density at radius 3 is 2.57 bits per heavy atom. The molecule has 112 valence electrons. The van der Waals surface area contributed by atoms with E-state index in [9.17, 15) is 0 Å². The van der Waals surface area contributed by atoms with Crippen molar-refractivity contribution in [3.8, 4) is 0 Å². The normalized spacial score (nSPS) is 19.3. The molecule has 0 aliphatic carbocycles. The molecule has 1 aliphatic rings. The molecule has 2 atom stereocenters. The summed E-state index contributed by atoms with van der Waals surface area (Å²) in [6, 6.07) is 10.5. The van der Waals surface area contributed by atoms with E-state index >= 15 is 0 Å². The highest BCUT2D eigenvalue weighted by atomic mass is 16.5. The summed E-state index contributed by atoms with van der Waals surface area (Å²) in [5, 5.41) is 7.55. The second kappa shape index (κ2) is 6.37. The van der Waals surface area contributed by atoms with Gasteiger partial charge in [0.15, 0.2) is 5.82 Å². The van der Waals surface area contributed by atoms with Gasteiger partial charge >= 0.3 is 0 Å². The van der Waals surface area contributed by atoms with Crippen molar-refractivity contribution in [2.24, 2.45) is 0 Å². The van der Waals surface area contributed by atoms with Crippen LogP contribution < -0.4 is 5.32 Å². The first-order valence-corrected chi connectivity index (χ1v) is 7.59. The number of rotatable bonds is 4. The zero-order chi connectivity index (χ0) is 14.7. The number of aromatic nitrogens is 2. The van der Waals surface area contributed by atoms with Gasteiger partial charge in [0.1, 0.15) is 0 Å². The van der Waals surface area contributed by atoms with Gasteiger partial charge in [-0.1, -0.05) is 35.5 Å². The molecule has 1 fully saturated rings. The molecule has 1 N–H and O–H groups in total. The molecule has 1 aromatic heterocycles. The molecule has 0 saturated carbocycles. The summed E-state index contributed by atoms with van der Waals surface area (Å²) in [7, 11) is 0. The molecule has 21 heavy (non-hydrogen) atoms. The van der Waals surface area contributed by atoms with E-state index in [0.717, 1.165) is 32.0 Å². The molecular weight excluding hydrogens is 264 g/mol. The van der Waals surface area contributed by atoms with Gasteiger partial charge in [0.2, 0.25) is 5.89 Å². The smallest absolute Gasteiger partial charge is 0.233 e. The highest BCUT2D eigenvalue weighted by molar-refractivity contribution is 5.23. The van der Waals surface area contributed by atoms with E-state index in [-0.39, 0.29) is 12.0 Å². The van der Waals surface area contributed by atoms with Gasteiger partial charge in [-0.25, -0.2) is 0 Å². The monoisotopic (exact) mass is 286 g/mol. The first kappa shape index (κ1) is 14.2. The van der Waals surface area contributed by atoms with Crippen LogP contribution in [0.5, 0.6) is 0 Å². The zero-order valence-corrected chi connectivity index (χ0v) is 12.6. The largest absolute Gasteiger partial charge is 0.339 e. The molecule has 0 amide bonds. The van der Waals surface area contributed by atoms with Gasteiger partial charge in [0.25, 0.3) is 0 Å². The fraction of sp³-hybridized carbons (Fsp3) is 0.500. The van der Waals surface area contributed by atoms with Crippen molar-refractivity contribution in [1.82, 2.24) is 20.4 Å². The lowest BCUT2D eigenvalue weighted by Crippen LogP contribution is -2.44. The van der Waals surface area contributed by atoms with Crippen molar-refractivity contribution in [3.05, 3.63) is 47.6 Å². The Bertz CT molecular complexity index is 563. The van der Waals surface area contributed by atoms with Gasteiger partial charge in [-0.15, -0.1) is 0 Å². The number of nitrogens with one attached hydrogen (secondary N) is 1. The summed E-state index contributed by atoms with van der Waals surface area (Å²) in [6.45, 7) is 8.35. The van der Waals surface area contributed by atoms with Crippen LogP contribution in [0.4, 0.5) is 0 Å². The molecule has 2 heterocycles. The van der Waals surface area contributed by atoms with E-state index in [1.54, 1.807) is 0 Å². The minimum Gasteiger partial charge on any atom is -0.339 e. The van der Waals surface area contributed by atoms with E-state index in [1.165, 1.54) is 5.56 Å². The Balaban J connectivity index is 1.73. The van der Waals surface area contributed by atoms with Gasteiger partial charge < -0.3 is 9.84 Å². The maximum absolute atomic E-state index is 5.49. The maximum atomic E-state index is 5.49. The lowest BCUT2D eigenvalue weighted by molar-refractivity contribution is 0.176. The van der Waals surface area contributed by atoms with E-state index in [0.29, 0.717) is 5.89 Å². The van der Waals surface area contributed by atoms with Crippen molar-refractivity contribution in [2.75, 3.05) is 26.2 Å². The van der Waals surface area contributed by atoms with Crippen LogP contribution in [0.15, 0.2) is 34.9 Å². The molecule has 5 heteroatoms. The minimum atomic E-state index is 0.127. The van der Waals surface area contributed by atoms with Gasteiger partial charge in [0, 0.05) is 26.2 Å². The molecule has 0 radical (unpaired) electrons. The molecule has 2 unspecified atom stereocenters. The van der Waals surface area contributed by atoms with E-state index in [1.807, 2.05) is 18.2 Å². The number of hydrogen-bond acceptors (Lipinski definition) is 5. The van der Waals surface area contributed by atoms with Gasteiger partial charge in [-0.2, -0.15) is 4.98 Å². The molecule has 1 aliphatic heterocycles. The fourth-order valence-corrected chi connectivity index (χ4v) is 2.71. The fourth-order valence-electron chi connectivity index (χ4n) is 2.71. The number of nitrogens with zero attached hydrogens (tertiary/aromatic N) is 3. The van der Waals surface area contributed by atoms with Gasteiger partial charge in [0.05, 0.1) is 12.0 Å². The average molecular weight is 286 g/mol. The molecule has 2 aromatic rings. The number of hydrogen-bond donors (Lipinski definition) is 1. The second-order valence-corrected chi connectivity index (χ2v) is 5.59. The standard InChI is InChI=1S/C16H22N4O/c1-12(14-6-4-3-5-7-14)16-18-15(19-21-16)13(2)20-10-8-17-9-11-20/h3-7,12-13,17H,8-11H2,1-2H3. The van der Waals surface area contributed by atoms with Crippen LogP contribution in [-0.2, 0) is 0 Å². The quantitative estimate of drug-likeness (QED) is 0.933. The summed E-state index contributed by atoms with van der Waals surface area (Å²) in [4.78, 5) is 7.01. The second-order valence-electron chi connectivity index (χ2n) is 5.59. The maximum Gasteiger partial charge on any atom is 0.233 e. The Labute approximate surface area is 125 Å². The van der Waals surface area contributed by atoms with Crippen molar-refractivity contribution >= 4 is 0 Å². The predicted molar refractivity (Wildman–Crippen MR) is 81.1 cm³/mol. The van der Waals surface area contributed by atoms with Crippen LogP contribution in [0.3, 0.4) is 0 Å². The number of benzene rings is 1. The SMILES string of the molecule is CC(c1ccccc1)c1nc(C(C)N2CCNCC2)no1. The molecule has 5 nitrogen and oxygen atoms in total. The zero-order valence-electron chi connectivity index (χ0n) is 12.6. The first-order chi connectivity index (χ1) is 10.3.